The van der Waals surface area contributed by atoms with Crippen molar-refractivity contribution in [3.05, 3.63) is 60.2 Å². The van der Waals surface area contributed by atoms with Crippen molar-refractivity contribution >= 4 is 27.7 Å². The van der Waals surface area contributed by atoms with E-state index in [1.165, 1.54) is 16.5 Å². The van der Waals surface area contributed by atoms with Crippen LogP contribution in [0.4, 0.5) is 0 Å². The molecule has 1 aromatic carbocycles. The number of ketones is 1. The van der Waals surface area contributed by atoms with Gasteiger partial charge in [0, 0.05) is 22.8 Å². The van der Waals surface area contributed by atoms with Gasteiger partial charge in [0.15, 0.2) is 0 Å². The molecule has 4 rings (SSSR count). The summed E-state index contributed by atoms with van der Waals surface area (Å²) in [4.78, 5) is 11.4. The zero-order valence-corrected chi connectivity index (χ0v) is 12.4. The number of hydrogen-bond acceptors (Lipinski definition) is 2. The van der Waals surface area contributed by atoms with Crippen molar-refractivity contribution in [3.8, 4) is 11.1 Å². The zero-order valence-electron chi connectivity index (χ0n) is 12.4. The minimum Gasteiger partial charge on any atom is -0.456 e. The molecule has 0 radical (unpaired) electrons. The molecule has 0 bridgehead atoms. The van der Waals surface area contributed by atoms with Crippen molar-refractivity contribution in [1.82, 2.24) is 0 Å². The molecule has 0 spiro atoms. The van der Waals surface area contributed by atoms with Crippen LogP contribution in [0.1, 0.15) is 18.9 Å². The number of rotatable bonds is 3. The lowest BCUT2D eigenvalue weighted by Crippen LogP contribution is -1.93. The summed E-state index contributed by atoms with van der Waals surface area (Å²) in [5.41, 5.74) is 5.37. The zero-order chi connectivity index (χ0) is 15.1. The van der Waals surface area contributed by atoms with Crippen LogP contribution in [-0.2, 0) is 11.2 Å². The average Bonchev–Trinajstić information content (AvgIpc) is 2.90. The van der Waals surface area contributed by atoms with Crippen molar-refractivity contribution < 1.29 is 9.21 Å². The molecule has 108 valence electrons. The van der Waals surface area contributed by atoms with E-state index in [1.54, 1.807) is 6.92 Å². The first-order chi connectivity index (χ1) is 10.8. The molecule has 0 saturated carbocycles. The van der Waals surface area contributed by atoms with Crippen LogP contribution in [0.15, 0.2) is 59.0 Å². The normalized spacial score (nSPS) is 11.5. The molecule has 2 aromatic rings. The van der Waals surface area contributed by atoms with Crippen molar-refractivity contribution in [2.75, 3.05) is 0 Å². The Morgan fingerprint density at radius 1 is 0.955 bits per heavy atom. The lowest BCUT2D eigenvalue weighted by molar-refractivity contribution is -0.116. The first kappa shape index (κ1) is 13.1. The third-order valence-corrected chi connectivity index (χ3v) is 4.23. The monoisotopic (exact) mass is 288 g/mol. The van der Waals surface area contributed by atoms with Crippen LogP contribution >= 0.6 is 0 Å². The lowest BCUT2D eigenvalue weighted by atomic mass is 10.0. The Labute approximate surface area is 128 Å². The summed E-state index contributed by atoms with van der Waals surface area (Å²) in [7, 11) is 0. The second-order valence-corrected chi connectivity index (χ2v) is 5.72. The van der Waals surface area contributed by atoms with E-state index in [4.69, 9.17) is 4.42 Å². The van der Waals surface area contributed by atoms with Crippen LogP contribution in [0, 0.1) is 0 Å². The summed E-state index contributed by atoms with van der Waals surface area (Å²) in [6.45, 7) is 1.64. The van der Waals surface area contributed by atoms with Gasteiger partial charge in [-0.05, 0) is 30.5 Å². The Bertz CT molecular complexity index is 962. The summed E-state index contributed by atoms with van der Waals surface area (Å²) >= 11 is 0. The minimum atomic E-state index is 0.207. The van der Waals surface area contributed by atoms with E-state index in [9.17, 15) is 4.79 Å². The van der Waals surface area contributed by atoms with Crippen molar-refractivity contribution in [3.63, 3.8) is 0 Å². The highest BCUT2D eigenvalue weighted by Gasteiger charge is 2.22. The molecule has 0 aliphatic heterocycles. The summed E-state index contributed by atoms with van der Waals surface area (Å²) < 4.78 is 6.12. The maximum atomic E-state index is 11.4. The van der Waals surface area contributed by atoms with Crippen LogP contribution in [0.3, 0.4) is 0 Å². The van der Waals surface area contributed by atoms with Crippen molar-refractivity contribution in [2.24, 2.45) is 0 Å². The first-order valence-corrected chi connectivity index (χ1v) is 7.56. The van der Waals surface area contributed by atoms with Gasteiger partial charge < -0.3 is 9.21 Å². The maximum absolute atomic E-state index is 11.4. The van der Waals surface area contributed by atoms with Gasteiger partial charge in [0.1, 0.15) is 16.9 Å². The molecule has 2 heteroatoms. The molecular weight excluding hydrogens is 272 g/mol. The number of carbonyl (C=O) groups excluding carboxylic acids is 1. The number of para-hydroxylation sites is 1. The van der Waals surface area contributed by atoms with Gasteiger partial charge in [-0.2, -0.15) is 0 Å². The molecule has 2 aliphatic carbocycles. The first-order valence-electron chi connectivity index (χ1n) is 7.56. The molecule has 22 heavy (non-hydrogen) atoms. The predicted octanol–water partition coefficient (Wildman–Crippen LogP) is 5.21. The Morgan fingerprint density at radius 2 is 1.68 bits per heavy atom. The molecule has 2 nitrogen and oxygen atoms in total. The van der Waals surface area contributed by atoms with Crippen molar-refractivity contribution in [1.29, 1.82) is 0 Å². The SMILES string of the molecule is CC(=O)CCc1c2cccccc-2c2c1oc1ccccc12. The second-order valence-electron chi connectivity index (χ2n) is 5.72. The predicted molar refractivity (Wildman–Crippen MR) is 89.3 cm³/mol. The van der Waals surface area contributed by atoms with E-state index >= 15 is 0 Å². The molecule has 0 unspecified atom stereocenters. The van der Waals surface area contributed by atoms with Crippen LogP contribution in [0.25, 0.3) is 33.1 Å². The molecular formula is C20H16O2. The van der Waals surface area contributed by atoms with Gasteiger partial charge in [-0.25, -0.2) is 0 Å². The van der Waals surface area contributed by atoms with Gasteiger partial charge in [-0.1, -0.05) is 48.5 Å². The highest BCUT2D eigenvalue weighted by molar-refractivity contribution is 6.17. The molecule has 1 aromatic heterocycles. The van der Waals surface area contributed by atoms with Gasteiger partial charge >= 0.3 is 0 Å². The molecule has 0 N–H and O–H groups in total. The highest BCUT2D eigenvalue weighted by Crippen LogP contribution is 2.44. The van der Waals surface area contributed by atoms with Gasteiger partial charge in [0.25, 0.3) is 0 Å². The Kier molecular flexibility index (Phi) is 2.97. The van der Waals surface area contributed by atoms with E-state index in [1.807, 2.05) is 30.3 Å². The topological polar surface area (TPSA) is 30.2 Å². The average molecular weight is 288 g/mol. The van der Waals surface area contributed by atoms with E-state index in [0.717, 1.165) is 28.5 Å². The number of fused-ring (bicyclic) bond motifs is 5. The van der Waals surface area contributed by atoms with Crippen LogP contribution in [0.2, 0.25) is 0 Å². The maximum Gasteiger partial charge on any atom is 0.139 e. The van der Waals surface area contributed by atoms with Crippen LogP contribution in [0.5, 0.6) is 0 Å². The lowest BCUT2D eigenvalue weighted by Gasteiger charge is -2.01. The fraction of sp³-hybridized carbons (Fsp3) is 0.150. The van der Waals surface area contributed by atoms with Gasteiger partial charge in [-0.3, -0.25) is 0 Å². The number of carbonyl (C=O) groups is 1. The molecule has 0 saturated heterocycles. The van der Waals surface area contributed by atoms with Crippen molar-refractivity contribution in [2.45, 2.75) is 19.8 Å². The van der Waals surface area contributed by atoms with Crippen LogP contribution in [-0.4, -0.2) is 5.78 Å². The summed E-state index contributed by atoms with van der Waals surface area (Å²) in [6, 6.07) is 18.5. The van der Waals surface area contributed by atoms with E-state index in [2.05, 4.69) is 24.3 Å². The fourth-order valence-corrected chi connectivity index (χ4v) is 3.23. The fourth-order valence-electron chi connectivity index (χ4n) is 3.23. The third-order valence-electron chi connectivity index (χ3n) is 4.23. The molecule has 2 aliphatic rings. The molecule has 0 fully saturated rings. The largest absolute Gasteiger partial charge is 0.456 e. The number of benzene rings is 1. The summed E-state index contributed by atoms with van der Waals surface area (Å²) in [5.74, 6) is 0.207. The Morgan fingerprint density at radius 3 is 2.50 bits per heavy atom. The molecule has 0 amide bonds. The summed E-state index contributed by atoms with van der Waals surface area (Å²) in [6.07, 6.45) is 1.27. The quantitative estimate of drug-likeness (QED) is 0.518. The third kappa shape index (κ3) is 1.92. The number of furan rings is 1. The Hall–Kier alpha value is -2.61. The highest BCUT2D eigenvalue weighted by atomic mass is 16.3. The number of hydrogen-bond donors (Lipinski definition) is 0. The van der Waals surface area contributed by atoms with E-state index < -0.39 is 0 Å². The van der Waals surface area contributed by atoms with Crippen LogP contribution < -0.4 is 0 Å². The van der Waals surface area contributed by atoms with E-state index in [-0.39, 0.29) is 5.78 Å². The van der Waals surface area contributed by atoms with Gasteiger partial charge in [-0.15, -0.1) is 0 Å². The standard InChI is InChI=1S/C20H16O2/c1-13(21)11-12-16-14-7-3-2-4-8-15(14)19-17-9-5-6-10-18(17)22-20(16)19/h2-10H,11-12H2,1H3. The van der Waals surface area contributed by atoms with E-state index in [0.29, 0.717) is 6.42 Å². The molecule has 1 heterocycles. The Balaban J connectivity index is 2.09. The second kappa shape index (κ2) is 4.99. The van der Waals surface area contributed by atoms with Gasteiger partial charge in [0.2, 0.25) is 0 Å². The number of aryl methyl sites for hydroxylation is 1. The smallest absolute Gasteiger partial charge is 0.139 e. The number of Topliss-reactive ketones (excluding diaryl/α,β-unsaturated/α-hetero) is 1. The molecule has 0 atom stereocenters. The minimum absolute atomic E-state index is 0.207. The summed E-state index contributed by atoms with van der Waals surface area (Å²) in [5, 5.41) is 2.31. The van der Waals surface area contributed by atoms with Gasteiger partial charge in [0.05, 0.1) is 0 Å².